The molecule has 0 N–H and O–H groups in total. The number of benzene rings is 2. The molecular weight excluding hydrogens is 429 g/mol. The summed E-state index contributed by atoms with van der Waals surface area (Å²) in [6, 6.07) is 16.0. The van der Waals surface area contributed by atoms with E-state index in [1.54, 1.807) is 0 Å². The topological polar surface area (TPSA) is 29.5 Å². The molecule has 4 atom stereocenters. The van der Waals surface area contributed by atoms with Crippen LogP contribution in [0.4, 0.5) is 0 Å². The van der Waals surface area contributed by atoms with Crippen LogP contribution in [0.5, 0.6) is 0 Å². The Kier molecular flexibility index (Phi) is 7.26. The van der Waals surface area contributed by atoms with Gasteiger partial charge in [0.2, 0.25) is 5.91 Å². The first kappa shape index (κ1) is 22.6. The normalized spacial score (nSPS) is 25.0. The van der Waals surface area contributed by atoms with Gasteiger partial charge in [-0.15, -0.1) is 0 Å². The predicted molar refractivity (Wildman–Crippen MR) is 127 cm³/mol. The minimum atomic E-state index is -0.0751. The molecule has 2 aromatic rings. The number of carbonyl (C=O) groups is 1. The van der Waals surface area contributed by atoms with Crippen LogP contribution in [0.1, 0.15) is 62.6 Å². The standard InChI is InChI=1S/C26H31Cl2NO2/c1-3-23(16-31-15-18-7-8-18)29-25(19-9-11-21(27)12-10-19)24(13-17(2)26(29)30)20-5-4-6-22(28)14-20/h4-6,9-12,14,17-18,23-25H,3,7-8,13,15-16H2,1-2H3/t17?,23?,24-,25-/m1/s1. The molecule has 166 valence electrons. The molecule has 0 radical (unpaired) electrons. The van der Waals surface area contributed by atoms with E-state index in [9.17, 15) is 4.79 Å². The molecule has 31 heavy (non-hydrogen) atoms. The first-order chi connectivity index (χ1) is 15.0. The smallest absolute Gasteiger partial charge is 0.226 e. The lowest BCUT2D eigenvalue weighted by molar-refractivity contribution is -0.148. The zero-order chi connectivity index (χ0) is 22.0. The average molecular weight is 460 g/mol. The van der Waals surface area contributed by atoms with Crippen molar-refractivity contribution in [2.45, 2.75) is 57.5 Å². The highest BCUT2D eigenvalue weighted by Gasteiger charge is 2.44. The number of amides is 1. The lowest BCUT2D eigenvalue weighted by Crippen LogP contribution is -2.52. The summed E-state index contributed by atoms with van der Waals surface area (Å²) < 4.78 is 6.07. The Morgan fingerprint density at radius 3 is 2.45 bits per heavy atom. The second-order valence-corrected chi connectivity index (χ2v) is 9.96. The summed E-state index contributed by atoms with van der Waals surface area (Å²) >= 11 is 12.5. The van der Waals surface area contributed by atoms with Crippen LogP contribution in [0.15, 0.2) is 48.5 Å². The van der Waals surface area contributed by atoms with Crippen molar-refractivity contribution in [1.29, 1.82) is 0 Å². The lowest BCUT2D eigenvalue weighted by atomic mass is 9.75. The predicted octanol–water partition coefficient (Wildman–Crippen LogP) is 6.89. The molecule has 4 rings (SSSR count). The Morgan fingerprint density at radius 1 is 1.06 bits per heavy atom. The highest BCUT2D eigenvalue weighted by Crippen LogP contribution is 2.46. The van der Waals surface area contributed by atoms with Crippen molar-refractivity contribution >= 4 is 29.1 Å². The molecule has 2 aliphatic rings. The molecule has 1 aliphatic carbocycles. The van der Waals surface area contributed by atoms with E-state index in [0.717, 1.165) is 30.0 Å². The Morgan fingerprint density at radius 2 is 1.81 bits per heavy atom. The monoisotopic (exact) mass is 459 g/mol. The Hall–Kier alpha value is -1.55. The molecular formula is C26H31Cl2NO2. The number of piperidine rings is 1. The molecule has 1 saturated heterocycles. The number of hydrogen-bond acceptors (Lipinski definition) is 2. The van der Waals surface area contributed by atoms with E-state index >= 15 is 0 Å². The quantitative estimate of drug-likeness (QED) is 0.429. The van der Waals surface area contributed by atoms with Crippen molar-refractivity contribution < 1.29 is 9.53 Å². The summed E-state index contributed by atoms with van der Waals surface area (Å²) in [7, 11) is 0. The molecule has 0 aromatic heterocycles. The maximum absolute atomic E-state index is 13.5. The zero-order valence-corrected chi connectivity index (χ0v) is 19.8. The van der Waals surface area contributed by atoms with Crippen LogP contribution >= 0.6 is 23.2 Å². The van der Waals surface area contributed by atoms with Gasteiger partial charge in [0.25, 0.3) is 0 Å². The number of nitrogens with zero attached hydrogens (tertiary/aromatic N) is 1. The molecule has 1 saturated carbocycles. The van der Waals surface area contributed by atoms with Crippen molar-refractivity contribution in [3.8, 4) is 0 Å². The van der Waals surface area contributed by atoms with Gasteiger partial charge in [-0.3, -0.25) is 4.79 Å². The van der Waals surface area contributed by atoms with Gasteiger partial charge >= 0.3 is 0 Å². The van der Waals surface area contributed by atoms with Gasteiger partial charge in [0, 0.05) is 28.5 Å². The number of likely N-dealkylation sites (tertiary alicyclic amines) is 1. The van der Waals surface area contributed by atoms with Crippen molar-refractivity contribution in [2.24, 2.45) is 11.8 Å². The van der Waals surface area contributed by atoms with Gasteiger partial charge in [-0.2, -0.15) is 0 Å². The van der Waals surface area contributed by atoms with Gasteiger partial charge in [-0.05, 0) is 67.0 Å². The zero-order valence-electron chi connectivity index (χ0n) is 18.3. The third kappa shape index (κ3) is 5.27. The maximum Gasteiger partial charge on any atom is 0.226 e. The number of ether oxygens (including phenoxy) is 1. The van der Waals surface area contributed by atoms with Gasteiger partial charge in [0.15, 0.2) is 0 Å². The first-order valence-corrected chi connectivity index (χ1v) is 12.1. The lowest BCUT2D eigenvalue weighted by Gasteiger charge is -2.48. The van der Waals surface area contributed by atoms with Gasteiger partial charge < -0.3 is 9.64 Å². The van der Waals surface area contributed by atoms with Crippen molar-refractivity contribution in [3.63, 3.8) is 0 Å². The largest absolute Gasteiger partial charge is 0.379 e. The minimum Gasteiger partial charge on any atom is -0.379 e. The molecule has 1 amide bonds. The number of carbonyl (C=O) groups excluding carboxylic acids is 1. The summed E-state index contributed by atoms with van der Waals surface area (Å²) in [4.78, 5) is 15.7. The SMILES string of the molecule is CCC(COCC1CC1)N1C(=O)C(C)C[C@H](c2cccc(Cl)c2)[C@H]1c1ccc(Cl)cc1. The van der Waals surface area contributed by atoms with Crippen LogP contribution in [-0.2, 0) is 9.53 Å². The fourth-order valence-electron chi connectivity index (χ4n) is 4.76. The van der Waals surface area contributed by atoms with Crippen LogP contribution in [0, 0.1) is 11.8 Å². The first-order valence-electron chi connectivity index (χ1n) is 11.4. The van der Waals surface area contributed by atoms with E-state index in [4.69, 9.17) is 27.9 Å². The Labute approximate surface area is 195 Å². The van der Waals surface area contributed by atoms with E-state index in [1.165, 1.54) is 18.4 Å². The Balaban J connectivity index is 1.71. The second kappa shape index (κ2) is 9.94. The molecule has 0 bridgehead atoms. The highest BCUT2D eigenvalue weighted by molar-refractivity contribution is 6.30. The molecule has 1 heterocycles. The summed E-state index contributed by atoms with van der Waals surface area (Å²) in [5, 5.41) is 1.42. The number of hydrogen-bond donors (Lipinski definition) is 0. The van der Waals surface area contributed by atoms with Crippen LogP contribution < -0.4 is 0 Å². The van der Waals surface area contributed by atoms with Crippen LogP contribution in [0.2, 0.25) is 10.0 Å². The summed E-state index contributed by atoms with van der Waals surface area (Å²) in [5.74, 6) is 1.02. The summed E-state index contributed by atoms with van der Waals surface area (Å²) in [6.45, 7) is 5.57. The van der Waals surface area contributed by atoms with E-state index in [-0.39, 0.29) is 29.8 Å². The molecule has 2 unspecified atom stereocenters. The number of rotatable bonds is 8. The van der Waals surface area contributed by atoms with E-state index in [0.29, 0.717) is 17.5 Å². The van der Waals surface area contributed by atoms with E-state index in [2.05, 4.69) is 30.0 Å². The fourth-order valence-corrected chi connectivity index (χ4v) is 5.09. The highest BCUT2D eigenvalue weighted by atomic mass is 35.5. The second-order valence-electron chi connectivity index (χ2n) is 9.08. The molecule has 1 aliphatic heterocycles. The van der Waals surface area contributed by atoms with Gasteiger partial charge in [-0.1, -0.05) is 61.3 Å². The molecule has 5 heteroatoms. The molecule has 2 aromatic carbocycles. The van der Waals surface area contributed by atoms with Gasteiger partial charge in [0.1, 0.15) is 0 Å². The minimum absolute atomic E-state index is 0.0383. The van der Waals surface area contributed by atoms with Crippen molar-refractivity contribution in [2.75, 3.05) is 13.2 Å². The van der Waals surface area contributed by atoms with Crippen LogP contribution in [-0.4, -0.2) is 30.1 Å². The fraction of sp³-hybridized carbons (Fsp3) is 0.500. The third-order valence-corrected chi connectivity index (χ3v) is 7.17. The van der Waals surface area contributed by atoms with Gasteiger partial charge in [-0.25, -0.2) is 0 Å². The molecule has 2 fully saturated rings. The summed E-state index contributed by atoms with van der Waals surface area (Å²) in [5.41, 5.74) is 2.28. The maximum atomic E-state index is 13.5. The van der Waals surface area contributed by atoms with Crippen LogP contribution in [0.25, 0.3) is 0 Å². The Bertz CT molecular complexity index is 897. The van der Waals surface area contributed by atoms with Crippen LogP contribution in [0.3, 0.4) is 0 Å². The van der Waals surface area contributed by atoms with Crippen molar-refractivity contribution in [1.82, 2.24) is 4.90 Å². The molecule has 0 spiro atoms. The van der Waals surface area contributed by atoms with E-state index in [1.807, 2.05) is 37.3 Å². The van der Waals surface area contributed by atoms with Gasteiger partial charge in [0.05, 0.1) is 18.7 Å². The average Bonchev–Trinajstić information content (AvgIpc) is 3.58. The third-order valence-electron chi connectivity index (χ3n) is 6.68. The van der Waals surface area contributed by atoms with Crippen molar-refractivity contribution in [3.05, 3.63) is 69.7 Å². The number of halogens is 2. The summed E-state index contributed by atoms with van der Waals surface area (Å²) in [6.07, 6.45) is 4.18. The van der Waals surface area contributed by atoms with E-state index < -0.39 is 0 Å². The molecule has 3 nitrogen and oxygen atoms in total.